The smallest absolute Gasteiger partial charge is 0.343 e. The Morgan fingerprint density at radius 1 is 1.21 bits per heavy atom. The normalized spacial score (nSPS) is 16.4. The molecular formula is C20H15NO6S2. The average Bonchev–Trinajstić information content (AvgIpc) is 3.30. The van der Waals surface area contributed by atoms with Crippen molar-refractivity contribution in [1.82, 2.24) is 0 Å². The van der Waals surface area contributed by atoms with Gasteiger partial charge in [-0.05, 0) is 35.9 Å². The molecular weight excluding hydrogens is 414 g/mol. The second-order valence-corrected chi connectivity index (χ2v) is 7.66. The van der Waals surface area contributed by atoms with Gasteiger partial charge in [-0.25, -0.2) is 4.79 Å². The van der Waals surface area contributed by atoms with Crippen LogP contribution in [0, 0.1) is 0 Å². The monoisotopic (exact) mass is 429 g/mol. The van der Waals surface area contributed by atoms with Gasteiger partial charge in [-0.1, -0.05) is 36.1 Å². The van der Waals surface area contributed by atoms with Crippen molar-refractivity contribution in [1.29, 1.82) is 0 Å². The molecule has 29 heavy (non-hydrogen) atoms. The summed E-state index contributed by atoms with van der Waals surface area (Å²) in [7, 11) is 1.30. The highest BCUT2D eigenvalue weighted by atomic mass is 32.2. The zero-order chi connectivity index (χ0) is 20.4. The van der Waals surface area contributed by atoms with E-state index in [1.54, 1.807) is 48.5 Å². The van der Waals surface area contributed by atoms with Crippen LogP contribution in [0.15, 0.2) is 47.4 Å². The van der Waals surface area contributed by atoms with E-state index < -0.39 is 5.97 Å². The summed E-state index contributed by atoms with van der Waals surface area (Å²) in [6.07, 6.45) is 1.76. The molecule has 2 aliphatic rings. The molecule has 0 aromatic heterocycles. The predicted molar refractivity (Wildman–Crippen MR) is 112 cm³/mol. The van der Waals surface area contributed by atoms with E-state index in [4.69, 9.17) is 26.4 Å². The second-order valence-electron chi connectivity index (χ2n) is 5.99. The number of hydrogen-bond acceptors (Lipinski definition) is 8. The Labute approximate surface area is 176 Å². The molecule has 0 bridgehead atoms. The fourth-order valence-electron chi connectivity index (χ4n) is 2.73. The molecule has 1 saturated heterocycles. The first-order chi connectivity index (χ1) is 14.0. The van der Waals surface area contributed by atoms with Gasteiger partial charge < -0.3 is 18.9 Å². The molecule has 4 rings (SSSR count). The van der Waals surface area contributed by atoms with E-state index in [0.717, 1.165) is 5.56 Å². The molecule has 2 aromatic rings. The highest BCUT2D eigenvalue weighted by Gasteiger charge is 2.34. The van der Waals surface area contributed by atoms with Gasteiger partial charge in [0.15, 0.2) is 22.4 Å². The van der Waals surface area contributed by atoms with Crippen molar-refractivity contribution in [2.75, 3.05) is 25.4 Å². The van der Waals surface area contributed by atoms with Crippen LogP contribution in [0.4, 0.5) is 5.69 Å². The number of anilines is 1. The summed E-state index contributed by atoms with van der Waals surface area (Å²) in [6.45, 7) is 0.000454. The molecule has 1 amide bonds. The number of methoxy groups -OCH3 is 1. The lowest BCUT2D eigenvalue weighted by molar-refractivity contribution is -0.142. The maximum absolute atomic E-state index is 12.9. The molecule has 0 radical (unpaired) electrons. The van der Waals surface area contributed by atoms with Crippen LogP contribution in [-0.4, -0.2) is 36.7 Å². The largest absolute Gasteiger partial charge is 0.482 e. The van der Waals surface area contributed by atoms with Crippen LogP contribution < -0.4 is 19.1 Å². The standard InChI is InChI=1S/C20H15NO6S2/c1-24-18(22)10-25-14-5-2-12(3-6-14)8-17-19(23)21(20(28)29-17)13-4-7-15-16(9-13)27-11-26-15/h2-9H,10-11H2,1H3/b17-8-. The van der Waals surface area contributed by atoms with E-state index in [9.17, 15) is 9.59 Å². The quantitative estimate of drug-likeness (QED) is 0.407. The topological polar surface area (TPSA) is 74.3 Å². The molecule has 148 valence electrons. The van der Waals surface area contributed by atoms with Gasteiger partial charge in [0.1, 0.15) is 5.75 Å². The number of ether oxygens (including phenoxy) is 4. The third-order valence-corrected chi connectivity index (χ3v) is 5.47. The van der Waals surface area contributed by atoms with Gasteiger partial charge in [0.2, 0.25) is 6.79 Å². The molecule has 7 nitrogen and oxygen atoms in total. The molecule has 0 spiro atoms. The first kappa shape index (κ1) is 19.3. The average molecular weight is 429 g/mol. The Hall–Kier alpha value is -3.04. The Morgan fingerprint density at radius 2 is 1.97 bits per heavy atom. The third-order valence-electron chi connectivity index (χ3n) is 4.17. The van der Waals surface area contributed by atoms with Crippen molar-refractivity contribution in [2.45, 2.75) is 0 Å². The van der Waals surface area contributed by atoms with E-state index in [-0.39, 0.29) is 19.3 Å². The van der Waals surface area contributed by atoms with Crippen LogP contribution in [0.2, 0.25) is 0 Å². The van der Waals surface area contributed by atoms with E-state index in [1.807, 2.05) is 0 Å². The lowest BCUT2D eigenvalue weighted by atomic mass is 10.2. The van der Waals surface area contributed by atoms with Crippen molar-refractivity contribution in [2.24, 2.45) is 0 Å². The number of nitrogens with zero attached hydrogens (tertiary/aromatic N) is 1. The number of esters is 1. The molecule has 2 heterocycles. The second kappa shape index (κ2) is 8.14. The Balaban J connectivity index is 1.49. The van der Waals surface area contributed by atoms with Crippen LogP contribution in [0.5, 0.6) is 17.2 Å². The molecule has 0 atom stereocenters. The number of hydrogen-bond donors (Lipinski definition) is 0. The van der Waals surface area contributed by atoms with Gasteiger partial charge in [-0.3, -0.25) is 9.69 Å². The van der Waals surface area contributed by atoms with Crippen LogP contribution in [-0.2, 0) is 14.3 Å². The van der Waals surface area contributed by atoms with Crippen LogP contribution >= 0.6 is 24.0 Å². The van der Waals surface area contributed by atoms with Crippen LogP contribution in [0.1, 0.15) is 5.56 Å². The fraction of sp³-hybridized carbons (Fsp3) is 0.150. The lowest BCUT2D eigenvalue weighted by Crippen LogP contribution is -2.27. The fourth-order valence-corrected chi connectivity index (χ4v) is 4.03. The van der Waals surface area contributed by atoms with Crippen LogP contribution in [0.25, 0.3) is 6.08 Å². The van der Waals surface area contributed by atoms with E-state index in [1.165, 1.54) is 23.8 Å². The van der Waals surface area contributed by atoms with E-state index in [2.05, 4.69) is 4.74 Å². The summed E-state index contributed by atoms with van der Waals surface area (Å²) in [5, 5.41) is 0. The Morgan fingerprint density at radius 3 is 2.72 bits per heavy atom. The molecule has 2 aromatic carbocycles. The summed E-state index contributed by atoms with van der Waals surface area (Å²) in [6, 6.07) is 12.3. The van der Waals surface area contributed by atoms with Gasteiger partial charge in [0.05, 0.1) is 17.7 Å². The summed E-state index contributed by atoms with van der Waals surface area (Å²) in [5.41, 5.74) is 1.44. The van der Waals surface area contributed by atoms with Gasteiger partial charge in [-0.15, -0.1) is 0 Å². The van der Waals surface area contributed by atoms with Gasteiger partial charge in [0, 0.05) is 6.07 Å². The summed E-state index contributed by atoms with van der Waals surface area (Å²) in [5.74, 6) is 1.10. The minimum absolute atomic E-state index is 0.163. The molecule has 0 N–H and O–H groups in total. The van der Waals surface area contributed by atoms with Gasteiger partial charge >= 0.3 is 5.97 Å². The van der Waals surface area contributed by atoms with E-state index >= 15 is 0 Å². The SMILES string of the molecule is COC(=O)COc1ccc(/C=C2\SC(=S)N(c3ccc4c(c3)OCO4)C2=O)cc1. The minimum Gasteiger partial charge on any atom is -0.482 e. The zero-order valence-electron chi connectivity index (χ0n) is 15.2. The Bertz CT molecular complexity index is 1020. The highest BCUT2D eigenvalue weighted by molar-refractivity contribution is 8.27. The van der Waals surface area contributed by atoms with Gasteiger partial charge in [-0.2, -0.15) is 0 Å². The number of amides is 1. The van der Waals surface area contributed by atoms with Crippen LogP contribution in [0.3, 0.4) is 0 Å². The summed E-state index contributed by atoms with van der Waals surface area (Å²) < 4.78 is 21.0. The first-order valence-corrected chi connectivity index (χ1v) is 9.75. The number of thioether (sulfide) groups is 1. The zero-order valence-corrected chi connectivity index (χ0v) is 16.9. The maximum Gasteiger partial charge on any atom is 0.343 e. The number of rotatable bonds is 5. The molecule has 0 aliphatic carbocycles. The first-order valence-electron chi connectivity index (χ1n) is 8.52. The Kier molecular flexibility index (Phi) is 5.41. The molecule has 9 heteroatoms. The number of carbonyl (C=O) groups is 2. The van der Waals surface area contributed by atoms with E-state index in [0.29, 0.717) is 32.2 Å². The number of thiocarbonyl (C=S) groups is 1. The number of fused-ring (bicyclic) bond motifs is 1. The predicted octanol–water partition coefficient (Wildman–Crippen LogP) is 3.37. The summed E-state index contributed by atoms with van der Waals surface area (Å²) in [4.78, 5) is 26.0. The van der Waals surface area contributed by atoms with Crippen molar-refractivity contribution < 1.29 is 28.5 Å². The molecule has 1 fully saturated rings. The molecule has 0 unspecified atom stereocenters. The number of carbonyl (C=O) groups excluding carboxylic acids is 2. The van der Waals surface area contributed by atoms with Crippen molar-refractivity contribution >= 4 is 51.9 Å². The van der Waals surface area contributed by atoms with Gasteiger partial charge in [0.25, 0.3) is 5.91 Å². The van der Waals surface area contributed by atoms with Crippen molar-refractivity contribution in [3.8, 4) is 17.2 Å². The number of benzene rings is 2. The summed E-state index contributed by atoms with van der Waals surface area (Å²) >= 11 is 6.63. The highest BCUT2D eigenvalue weighted by Crippen LogP contribution is 2.40. The van der Waals surface area contributed by atoms with Crippen molar-refractivity contribution in [3.63, 3.8) is 0 Å². The lowest BCUT2D eigenvalue weighted by Gasteiger charge is -2.14. The third kappa shape index (κ3) is 4.06. The van der Waals surface area contributed by atoms with Crippen molar-refractivity contribution in [3.05, 3.63) is 52.9 Å². The molecule has 0 saturated carbocycles. The maximum atomic E-state index is 12.9. The minimum atomic E-state index is -0.457. The molecule has 2 aliphatic heterocycles.